The maximum Gasteiger partial charge on any atom is 0.245 e. The SMILES string of the molecule is C=CC(=O)N1CCC(Nc2cc3c(Nc4ccc(Oc5ccnc(N6C[C@H]7COC[C@H]7C6)c5)cc4F)ncnc3cc2OC)CC1. The van der Waals surface area contributed by atoms with Crippen LogP contribution < -0.4 is 25.0 Å². The lowest BCUT2D eigenvalue weighted by atomic mass is 10.0. The molecular formula is C34H36FN7O4. The van der Waals surface area contributed by atoms with Crippen molar-refractivity contribution in [2.24, 2.45) is 11.8 Å². The van der Waals surface area contributed by atoms with Crippen LogP contribution in [-0.2, 0) is 9.53 Å². The van der Waals surface area contributed by atoms with Crippen molar-refractivity contribution >= 4 is 39.8 Å². The van der Waals surface area contributed by atoms with E-state index in [1.807, 2.05) is 18.2 Å². The summed E-state index contributed by atoms with van der Waals surface area (Å²) in [6, 6.07) is 12.2. The zero-order valence-electron chi connectivity index (χ0n) is 25.6. The standard InChI is InChI=1S/C34H36FN7O4/c1-3-33(43)41-10-7-23(8-11-41)39-30-14-26-29(15-31(30)44-2)37-20-38-34(26)40-28-5-4-24(12-27(28)35)46-25-6-9-36-32(13-25)42-16-21-18-45-19-22(21)17-42/h3-6,9,12-15,20-23,39H,1,7-8,10-11,16-19H2,2H3,(H,37,38,40)/t21-,22+. The predicted molar refractivity (Wildman–Crippen MR) is 174 cm³/mol. The fourth-order valence-corrected chi connectivity index (χ4v) is 6.49. The molecule has 2 atom stereocenters. The van der Waals surface area contributed by atoms with E-state index in [1.54, 1.807) is 36.4 Å². The minimum absolute atomic E-state index is 0.0524. The van der Waals surface area contributed by atoms with Crippen LogP contribution in [0.4, 0.5) is 27.4 Å². The molecule has 0 radical (unpaired) electrons. The highest BCUT2D eigenvalue weighted by Crippen LogP contribution is 2.36. The van der Waals surface area contributed by atoms with E-state index in [9.17, 15) is 4.79 Å². The Kier molecular flexibility index (Phi) is 8.27. The number of likely N-dealkylation sites (tertiary alicyclic amines) is 1. The number of aromatic nitrogens is 3. The number of fused-ring (bicyclic) bond motifs is 2. The molecule has 12 heteroatoms. The monoisotopic (exact) mass is 625 g/mol. The molecule has 0 spiro atoms. The highest BCUT2D eigenvalue weighted by atomic mass is 19.1. The lowest BCUT2D eigenvalue weighted by Crippen LogP contribution is -2.41. The second-order valence-electron chi connectivity index (χ2n) is 11.9. The summed E-state index contributed by atoms with van der Waals surface area (Å²) in [6.07, 6.45) is 6.06. The van der Waals surface area contributed by atoms with E-state index in [0.717, 1.165) is 50.7 Å². The van der Waals surface area contributed by atoms with Gasteiger partial charge in [-0.1, -0.05) is 6.58 Å². The number of halogens is 1. The number of nitrogens with zero attached hydrogens (tertiary/aromatic N) is 5. The van der Waals surface area contributed by atoms with Gasteiger partial charge in [0, 0.05) is 73.8 Å². The van der Waals surface area contributed by atoms with Gasteiger partial charge in [-0.2, -0.15) is 0 Å². The largest absolute Gasteiger partial charge is 0.495 e. The predicted octanol–water partition coefficient (Wildman–Crippen LogP) is 5.38. The number of amides is 1. The van der Waals surface area contributed by atoms with Gasteiger partial charge in [-0.25, -0.2) is 19.3 Å². The topological polar surface area (TPSA) is 114 Å². The van der Waals surface area contributed by atoms with E-state index in [2.05, 4.69) is 37.1 Å². The Morgan fingerprint density at radius 2 is 1.80 bits per heavy atom. The molecule has 2 aromatic carbocycles. The van der Waals surface area contributed by atoms with Crippen LogP contribution in [0.5, 0.6) is 17.2 Å². The number of hydrogen-bond donors (Lipinski definition) is 2. The molecule has 0 aliphatic carbocycles. The third kappa shape index (κ3) is 6.12. The van der Waals surface area contributed by atoms with Gasteiger partial charge in [0.25, 0.3) is 0 Å². The zero-order chi connectivity index (χ0) is 31.6. The molecule has 4 aromatic rings. The summed E-state index contributed by atoms with van der Waals surface area (Å²) in [5.41, 5.74) is 1.67. The summed E-state index contributed by atoms with van der Waals surface area (Å²) in [6.45, 7) is 8.30. The molecule has 5 heterocycles. The Hall–Kier alpha value is -4.97. The fourth-order valence-electron chi connectivity index (χ4n) is 6.49. The van der Waals surface area contributed by atoms with Crippen molar-refractivity contribution < 1.29 is 23.4 Å². The summed E-state index contributed by atoms with van der Waals surface area (Å²) in [5, 5.41) is 7.39. The van der Waals surface area contributed by atoms with Crippen LogP contribution in [0.2, 0.25) is 0 Å². The van der Waals surface area contributed by atoms with Gasteiger partial charge >= 0.3 is 0 Å². The van der Waals surface area contributed by atoms with Gasteiger partial charge < -0.3 is 34.6 Å². The molecule has 7 rings (SSSR count). The first-order valence-electron chi connectivity index (χ1n) is 15.5. The Labute approximate surface area is 266 Å². The smallest absolute Gasteiger partial charge is 0.245 e. The second-order valence-corrected chi connectivity index (χ2v) is 11.9. The van der Waals surface area contributed by atoms with Crippen molar-refractivity contribution in [3.63, 3.8) is 0 Å². The molecule has 11 nitrogen and oxygen atoms in total. The van der Waals surface area contributed by atoms with Gasteiger partial charge in [0.1, 0.15) is 41.0 Å². The Balaban J connectivity index is 1.06. The molecule has 0 saturated carbocycles. The highest BCUT2D eigenvalue weighted by molar-refractivity contribution is 5.95. The number of pyridine rings is 1. The lowest BCUT2D eigenvalue weighted by molar-refractivity contribution is -0.126. The minimum atomic E-state index is -0.487. The van der Waals surface area contributed by atoms with E-state index in [4.69, 9.17) is 14.2 Å². The van der Waals surface area contributed by atoms with E-state index in [-0.39, 0.29) is 17.6 Å². The number of methoxy groups -OCH3 is 1. The maximum atomic E-state index is 15.4. The van der Waals surface area contributed by atoms with Gasteiger partial charge in [0.05, 0.1) is 37.2 Å². The number of anilines is 4. The summed E-state index contributed by atoms with van der Waals surface area (Å²) in [4.78, 5) is 29.4. The third-order valence-electron chi connectivity index (χ3n) is 9.01. The minimum Gasteiger partial charge on any atom is -0.495 e. The first kappa shape index (κ1) is 29.7. The van der Waals surface area contributed by atoms with E-state index in [0.29, 0.717) is 58.9 Å². The molecule has 3 aliphatic heterocycles. The van der Waals surface area contributed by atoms with Gasteiger partial charge in [0.15, 0.2) is 0 Å². The first-order valence-corrected chi connectivity index (χ1v) is 15.5. The normalized spacial score (nSPS) is 19.6. The molecule has 2 N–H and O–H groups in total. The molecule has 3 saturated heterocycles. The summed E-state index contributed by atoms with van der Waals surface area (Å²) in [7, 11) is 1.61. The van der Waals surface area contributed by atoms with Crippen molar-refractivity contribution in [2.75, 3.05) is 62.0 Å². The van der Waals surface area contributed by atoms with Crippen LogP contribution >= 0.6 is 0 Å². The fraction of sp³-hybridized carbons (Fsp3) is 0.353. The number of piperidine rings is 1. The van der Waals surface area contributed by atoms with E-state index in [1.165, 1.54) is 18.5 Å². The first-order chi connectivity index (χ1) is 22.5. The molecule has 3 fully saturated rings. The van der Waals surface area contributed by atoms with Crippen LogP contribution in [0.1, 0.15) is 12.8 Å². The number of hydrogen-bond acceptors (Lipinski definition) is 10. The molecule has 2 aromatic heterocycles. The van der Waals surface area contributed by atoms with Crippen LogP contribution in [0.3, 0.4) is 0 Å². The highest BCUT2D eigenvalue weighted by Gasteiger charge is 2.37. The number of carbonyl (C=O) groups is 1. The van der Waals surface area contributed by atoms with Gasteiger partial charge in [-0.3, -0.25) is 4.79 Å². The number of carbonyl (C=O) groups excluding carboxylic acids is 1. The second kappa shape index (κ2) is 12.8. The van der Waals surface area contributed by atoms with Gasteiger partial charge in [-0.15, -0.1) is 0 Å². The lowest BCUT2D eigenvalue weighted by Gasteiger charge is -2.32. The Morgan fingerprint density at radius 3 is 2.54 bits per heavy atom. The zero-order valence-corrected chi connectivity index (χ0v) is 25.6. The molecule has 238 valence electrons. The Morgan fingerprint density at radius 1 is 1.02 bits per heavy atom. The average Bonchev–Trinajstić information content (AvgIpc) is 3.69. The summed E-state index contributed by atoms with van der Waals surface area (Å²) in [5.74, 6) is 3.43. The van der Waals surface area contributed by atoms with Crippen LogP contribution in [0.15, 0.2) is 67.6 Å². The summed E-state index contributed by atoms with van der Waals surface area (Å²) >= 11 is 0. The Bertz CT molecular complexity index is 1750. The van der Waals surface area contributed by atoms with Gasteiger partial charge in [-0.05, 0) is 43.2 Å². The van der Waals surface area contributed by atoms with Crippen molar-refractivity contribution in [3.05, 3.63) is 73.5 Å². The molecule has 3 aliphatic rings. The van der Waals surface area contributed by atoms with Crippen molar-refractivity contribution in [2.45, 2.75) is 18.9 Å². The molecule has 0 unspecified atom stereocenters. The van der Waals surface area contributed by atoms with Crippen LogP contribution in [-0.4, -0.2) is 78.3 Å². The van der Waals surface area contributed by atoms with Crippen LogP contribution in [0, 0.1) is 17.7 Å². The van der Waals surface area contributed by atoms with E-state index < -0.39 is 5.82 Å². The number of ether oxygens (including phenoxy) is 3. The maximum absolute atomic E-state index is 15.4. The van der Waals surface area contributed by atoms with Crippen molar-refractivity contribution in [3.8, 4) is 17.2 Å². The third-order valence-corrected chi connectivity index (χ3v) is 9.01. The van der Waals surface area contributed by atoms with Crippen molar-refractivity contribution in [1.82, 2.24) is 19.9 Å². The van der Waals surface area contributed by atoms with Crippen LogP contribution in [0.25, 0.3) is 10.9 Å². The molecule has 46 heavy (non-hydrogen) atoms. The molecule has 1 amide bonds. The molecule has 0 bridgehead atoms. The number of rotatable bonds is 9. The molecular weight excluding hydrogens is 589 g/mol. The van der Waals surface area contributed by atoms with Gasteiger partial charge in [0.2, 0.25) is 5.91 Å². The quantitative estimate of drug-likeness (QED) is 0.235. The van der Waals surface area contributed by atoms with E-state index >= 15 is 4.39 Å². The summed E-state index contributed by atoms with van der Waals surface area (Å²) < 4.78 is 32.7. The number of nitrogens with one attached hydrogen (secondary N) is 2. The van der Waals surface area contributed by atoms with Crippen molar-refractivity contribution in [1.29, 1.82) is 0 Å². The number of benzene rings is 2. The average molecular weight is 626 g/mol.